The largest absolute Gasteiger partial charge is 0.480 e. The lowest BCUT2D eigenvalue weighted by Gasteiger charge is -2.13. The number of halogens is 2. The number of hydrogen-bond donors (Lipinski definition) is 2. The van der Waals surface area contributed by atoms with Gasteiger partial charge in [-0.2, -0.15) is 0 Å². The normalized spacial score (nSPS) is 12.2. The Labute approximate surface area is 89.7 Å². The van der Waals surface area contributed by atoms with E-state index in [1.807, 2.05) is 0 Å². The molecule has 76 valence electrons. The summed E-state index contributed by atoms with van der Waals surface area (Å²) < 4.78 is 19.0. The number of amidine groups is 1. The van der Waals surface area contributed by atoms with Crippen LogP contribution in [-0.2, 0) is 0 Å². The maximum atomic E-state index is 13.2. The highest BCUT2D eigenvalue weighted by atomic mass is 79.9. The quantitative estimate of drug-likeness (QED) is 0.647. The van der Waals surface area contributed by atoms with E-state index in [0.29, 0.717) is 4.47 Å². The molecule has 0 heterocycles. The lowest BCUT2D eigenvalue weighted by molar-refractivity contribution is 0.270. The lowest BCUT2D eigenvalue weighted by Crippen LogP contribution is -2.30. The summed E-state index contributed by atoms with van der Waals surface area (Å²) in [5.74, 6) is -0.518. The van der Waals surface area contributed by atoms with Gasteiger partial charge in [0.05, 0.1) is 0 Å². The fraction of sp³-hybridized carbons (Fsp3) is 0.222. The van der Waals surface area contributed by atoms with Crippen molar-refractivity contribution in [2.45, 2.75) is 13.0 Å². The van der Waals surface area contributed by atoms with E-state index in [-0.39, 0.29) is 11.6 Å². The lowest BCUT2D eigenvalue weighted by atomic mass is 10.3. The van der Waals surface area contributed by atoms with Crippen LogP contribution in [0.5, 0.6) is 5.75 Å². The van der Waals surface area contributed by atoms with Gasteiger partial charge in [0, 0.05) is 4.47 Å². The summed E-state index contributed by atoms with van der Waals surface area (Å²) in [6.07, 6.45) is -0.620. The highest BCUT2D eigenvalue weighted by molar-refractivity contribution is 9.10. The van der Waals surface area contributed by atoms with Crippen LogP contribution in [0.25, 0.3) is 0 Å². The molecule has 0 aromatic heterocycles. The average molecular weight is 261 g/mol. The van der Waals surface area contributed by atoms with Gasteiger partial charge >= 0.3 is 0 Å². The molecule has 0 spiro atoms. The van der Waals surface area contributed by atoms with Gasteiger partial charge < -0.3 is 10.5 Å². The van der Waals surface area contributed by atoms with Crippen molar-refractivity contribution < 1.29 is 9.13 Å². The molecule has 0 aliphatic carbocycles. The van der Waals surface area contributed by atoms with Gasteiger partial charge in [-0.05, 0) is 25.1 Å². The van der Waals surface area contributed by atoms with E-state index in [1.54, 1.807) is 13.0 Å². The summed E-state index contributed by atoms with van der Waals surface area (Å²) in [6, 6.07) is 4.44. The molecular formula is C9H10BrFN2O. The molecule has 0 radical (unpaired) electrons. The zero-order chi connectivity index (χ0) is 10.7. The monoisotopic (exact) mass is 260 g/mol. The van der Waals surface area contributed by atoms with Crippen LogP contribution in [0, 0.1) is 11.2 Å². The van der Waals surface area contributed by atoms with Gasteiger partial charge in [0.15, 0.2) is 17.7 Å². The molecule has 0 amide bonds. The zero-order valence-corrected chi connectivity index (χ0v) is 9.14. The Hall–Kier alpha value is -1.10. The predicted molar refractivity (Wildman–Crippen MR) is 56.1 cm³/mol. The SMILES string of the molecule is C[C@H](Oc1ccc(Br)cc1F)C(=N)N. The summed E-state index contributed by atoms with van der Waals surface area (Å²) in [5, 5.41) is 7.08. The van der Waals surface area contributed by atoms with Crippen LogP contribution in [0.4, 0.5) is 4.39 Å². The first-order valence-corrected chi connectivity index (χ1v) is 4.75. The summed E-state index contributed by atoms with van der Waals surface area (Å²) in [6.45, 7) is 1.59. The molecule has 0 bridgehead atoms. The van der Waals surface area contributed by atoms with Crippen molar-refractivity contribution in [1.82, 2.24) is 0 Å². The molecule has 1 atom stereocenters. The van der Waals surface area contributed by atoms with Crippen LogP contribution in [0.3, 0.4) is 0 Å². The predicted octanol–water partition coefficient (Wildman–Crippen LogP) is 2.29. The molecule has 1 aromatic rings. The van der Waals surface area contributed by atoms with E-state index in [2.05, 4.69) is 15.9 Å². The Morgan fingerprint density at radius 3 is 2.79 bits per heavy atom. The minimum Gasteiger partial charge on any atom is -0.480 e. The van der Waals surface area contributed by atoms with Crippen molar-refractivity contribution in [2.75, 3.05) is 0 Å². The van der Waals surface area contributed by atoms with Crippen LogP contribution in [0.2, 0.25) is 0 Å². The van der Waals surface area contributed by atoms with Crippen LogP contribution in [-0.4, -0.2) is 11.9 Å². The van der Waals surface area contributed by atoms with Gasteiger partial charge in [0.2, 0.25) is 0 Å². The Balaban J connectivity index is 2.82. The Kier molecular flexibility index (Phi) is 3.46. The van der Waals surface area contributed by atoms with E-state index in [4.69, 9.17) is 15.9 Å². The number of benzene rings is 1. The van der Waals surface area contributed by atoms with E-state index < -0.39 is 11.9 Å². The van der Waals surface area contributed by atoms with Crippen LogP contribution >= 0.6 is 15.9 Å². The summed E-state index contributed by atoms with van der Waals surface area (Å²) in [7, 11) is 0. The van der Waals surface area contributed by atoms with Crippen molar-refractivity contribution >= 4 is 21.8 Å². The minimum atomic E-state index is -0.620. The van der Waals surface area contributed by atoms with Gasteiger partial charge in [0.25, 0.3) is 0 Å². The van der Waals surface area contributed by atoms with Crippen LogP contribution in [0.15, 0.2) is 22.7 Å². The molecule has 0 aliphatic heterocycles. The smallest absolute Gasteiger partial charge is 0.166 e. The number of rotatable bonds is 3. The fourth-order valence-corrected chi connectivity index (χ4v) is 1.16. The average Bonchev–Trinajstić information content (AvgIpc) is 2.09. The summed E-state index contributed by atoms with van der Waals surface area (Å²) in [4.78, 5) is 0. The molecule has 0 unspecified atom stereocenters. The second kappa shape index (κ2) is 4.41. The maximum Gasteiger partial charge on any atom is 0.166 e. The van der Waals surface area contributed by atoms with Gasteiger partial charge in [-0.15, -0.1) is 0 Å². The molecule has 0 saturated heterocycles. The Bertz CT molecular complexity index is 357. The topological polar surface area (TPSA) is 59.1 Å². The van der Waals surface area contributed by atoms with Crippen LogP contribution in [0.1, 0.15) is 6.92 Å². The van der Waals surface area contributed by atoms with Gasteiger partial charge in [-0.3, -0.25) is 5.41 Å². The van der Waals surface area contributed by atoms with Crippen molar-refractivity contribution in [3.63, 3.8) is 0 Å². The van der Waals surface area contributed by atoms with Crippen LogP contribution < -0.4 is 10.5 Å². The highest BCUT2D eigenvalue weighted by Crippen LogP contribution is 2.22. The molecule has 0 saturated carbocycles. The fourth-order valence-electron chi connectivity index (χ4n) is 0.825. The van der Waals surface area contributed by atoms with Crippen molar-refractivity contribution in [3.05, 3.63) is 28.5 Å². The molecule has 3 N–H and O–H groups in total. The summed E-state index contributed by atoms with van der Waals surface area (Å²) in [5.41, 5.74) is 5.19. The standard InChI is InChI=1S/C9H10BrFN2O/c1-5(9(12)13)14-8-3-2-6(10)4-7(8)11/h2-5H,1H3,(H3,12,13)/t5-/m0/s1. The van der Waals surface area contributed by atoms with Crippen molar-refractivity contribution in [2.24, 2.45) is 5.73 Å². The summed E-state index contributed by atoms with van der Waals surface area (Å²) >= 11 is 3.13. The van der Waals surface area contributed by atoms with E-state index in [0.717, 1.165) is 0 Å². The second-order valence-electron chi connectivity index (χ2n) is 2.79. The number of ether oxygens (including phenoxy) is 1. The molecule has 0 aliphatic rings. The maximum absolute atomic E-state index is 13.2. The highest BCUT2D eigenvalue weighted by Gasteiger charge is 2.10. The van der Waals surface area contributed by atoms with Gasteiger partial charge in [-0.25, -0.2) is 4.39 Å². The molecule has 1 aromatic carbocycles. The van der Waals surface area contributed by atoms with Crippen molar-refractivity contribution in [3.8, 4) is 5.75 Å². The first-order valence-electron chi connectivity index (χ1n) is 3.96. The molecule has 1 rings (SSSR count). The Morgan fingerprint density at radius 1 is 1.64 bits per heavy atom. The number of nitrogens with two attached hydrogens (primary N) is 1. The minimum absolute atomic E-state index is 0.0934. The molecule has 3 nitrogen and oxygen atoms in total. The Morgan fingerprint density at radius 2 is 2.29 bits per heavy atom. The first-order chi connectivity index (χ1) is 6.50. The number of nitrogens with one attached hydrogen (secondary N) is 1. The first kappa shape index (κ1) is 11.0. The van der Waals surface area contributed by atoms with Gasteiger partial charge in [0.1, 0.15) is 5.84 Å². The third-order valence-corrected chi connectivity index (χ3v) is 2.13. The second-order valence-corrected chi connectivity index (χ2v) is 3.71. The molecule has 5 heteroatoms. The van der Waals surface area contributed by atoms with Crippen molar-refractivity contribution in [1.29, 1.82) is 5.41 Å². The zero-order valence-electron chi connectivity index (χ0n) is 7.55. The number of hydrogen-bond acceptors (Lipinski definition) is 2. The third-order valence-electron chi connectivity index (χ3n) is 1.64. The third kappa shape index (κ3) is 2.70. The molecular weight excluding hydrogens is 251 g/mol. The van der Waals surface area contributed by atoms with E-state index >= 15 is 0 Å². The molecule has 14 heavy (non-hydrogen) atoms. The van der Waals surface area contributed by atoms with E-state index in [1.165, 1.54) is 12.1 Å². The van der Waals surface area contributed by atoms with Gasteiger partial charge in [-0.1, -0.05) is 15.9 Å². The van der Waals surface area contributed by atoms with E-state index in [9.17, 15) is 4.39 Å². The molecule has 0 fully saturated rings.